The minimum atomic E-state index is -0.813. The summed E-state index contributed by atoms with van der Waals surface area (Å²) in [6.07, 6.45) is 3.30. The third kappa shape index (κ3) is 3.42. The van der Waals surface area contributed by atoms with Crippen molar-refractivity contribution in [3.8, 4) is 0 Å². The summed E-state index contributed by atoms with van der Waals surface area (Å²) in [6, 6.07) is 5.90. The molecule has 0 amide bonds. The Morgan fingerprint density at radius 3 is 2.75 bits per heavy atom. The van der Waals surface area contributed by atoms with Gasteiger partial charge in [0.2, 0.25) is 0 Å². The largest absolute Gasteiger partial charge is 0.310 e. The molecule has 1 heterocycles. The second-order valence-electron chi connectivity index (χ2n) is 4.83. The number of aryl methyl sites for hydroxylation is 1. The lowest BCUT2D eigenvalue weighted by Crippen LogP contribution is -2.25. The van der Waals surface area contributed by atoms with Gasteiger partial charge in [0.25, 0.3) is 0 Å². The zero-order chi connectivity index (χ0) is 14.5. The predicted molar refractivity (Wildman–Crippen MR) is 74.3 cm³/mol. The zero-order valence-electron chi connectivity index (χ0n) is 11.7. The Bertz CT molecular complexity index is 566. The van der Waals surface area contributed by atoms with E-state index >= 15 is 0 Å². The number of aromatic nitrogens is 2. The number of nitrogens with one attached hydrogen (secondary N) is 1. The molecule has 0 aliphatic carbocycles. The molecule has 0 spiro atoms. The van der Waals surface area contributed by atoms with Crippen molar-refractivity contribution in [3.63, 3.8) is 0 Å². The fourth-order valence-electron chi connectivity index (χ4n) is 2.18. The zero-order valence-corrected chi connectivity index (χ0v) is 11.7. The molecular formula is C15H19F2N3. The van der Waals surface area contributed by atoms with Crippen LogP contribution in [0.4, 0.5) is 8.78 Å². The first-order valence-corrected chi connectivity index (χ1v) is 6.77. The van der Waals surface area contributed by atoms with Crippen molar-refractivity contribution in [1.29, 1.82) is 0 Å². The third-order valence-corrected chi connectivity index (χ3v) is 3.18. The number of nitrogens with zero attached hydrogens (tertiary/aromatic N) is 2. The van der Waals surface area contributed by atoms with E-state index in [0.717, 1.165) is 24.7 Å². The molecule has 3 nitrogen and oxygen atoms in total. The summed E-state index contributed by atoms with van der Waals surface area (Å²) in [6.45, 7) is 2.78. The molecule has 1 unspecified atom stereocenters. The number of benzene rings is 1. The maximum atomic E-state index is 13.9. The fourth-order valence-corrected chi connectivity index (χ4v) is 2.18. The minimum absolute atomic E-state index is 0.277. The van der Waals surface area contributed by atoms with E-state index in [9.17, 15) is 8.78 Å². The van der Waals surface area contributed by atoms with E-state index in [4.69, 9.17) is 0 Å². The molecule has 108 valence electrons. The van der Waals surface area contributed by atoms with Crippen LogP contribution >= 0.6 is 0 Å². The lowest BCUT2D eigenvalue weighted by molar-refractivity contribution is 0.456. The molecule has 2 aromatic rings. The highest BCUT2D eigenvalue weighted by molar-refractivity contribution is 5.24. The van der Waals surface area contributed by atoms with Gasteiger partial charge in [0.05, 0.1) is 5.69 Å². The first-order chi connectivity index (χ1) is 9.61. The molecule has 0 aliphatic heterocycles. The number of hydrogen-bond donors (Lipinski definition) is 1. The van der Waals surface area contributed by atoms with E-state index in [-0.39, 0.29) is 6.04 Å². The summed E-state index contributed by atoms with van der Waals surface area (Å²) in [5.74, 6) is -1.59. The fraction of sp³-hybridized carbons (Fsp3) is 0.400. The Hall–Kier alpha value is -1.75. The average molecular weight is 279 g/mol. The Balaban J connectivity index is 2.24. The van der Waals surface area contributed by atoms with Gasteiger partial charge in [-0.25, -0.2) is 8.78 Å². The minimum Gasteiger partial charge on any atom is -0.310 e. The van der Waals surface area contributed by atoms with Crippen LogP contribution in [0.15, 0.2) is 30.5 Å². The molecule has 0 radical (unpaired) electrons. The molecule has 1 aromatic carbocycles. The quantitative estimate of drug-likeness (QED) is 0.881. The summed E-state index contributed by atoms with van der Waals surface area (Å²) < 4.78 is 29.0. The highest BCUT2D eigenvalue weighted by Crippen LogP contribution is 2.22. The Labute approximate surface area is 117 Å². The summed E-state index contributed by atoms with van der Waals surface area (Å²) in [5, 5.41) is 7.55. The van der Waals surface area contributed by atoms with Crippen LogP contribution in [0.3, 0.4) is 0 Å². The first-order valence-electron chi connectivity index (χ1n) is 6.77. The number of halogens is 2. The van der Waals surface area contributed by atoms with Crippen molar-refractivity contribution in [2.45, 2.75) is 25.8 Å². The molecule has 2 rings (SSSR count). The molecule has 0 fully saturated rings. The molecule has 1 N–H and O–H groups in total. The molecule has 1 aromatic heterocycles. The van der Waals surface area contributed by atoms with Crippen LogP contribution in [0, 0.1) is 11.6 Å². The van der Waals surface area contributed by atoms with Gasteiger partial charge in [-0.2, -0.15) is 5.10 Å². The predicted octanol–water partition coefficient (Wildman–Crippen LogP) is 2.98. The van der Waals surface area contributed by atoms with Crippen LogP contribution in [0.5, 0.6) is 0 Å². The smallest absolute Gasteiger partial charge is 0.163 e. The van der Waals surface area contributed by atoms with Crippen LogP contribution in [-0.2, 0) is 13.5 Å². The topological polar surface area (TPSA) is 29.9 Å². The van der Waals surface area contributed by atoms with Crippen LogP contribution in [0.2, 0.25) is 0 Å². The van der Waals surface area contributed by atoms with Gasteiger partial charge in [-0.1, -0.05) is 19.1 Å². The second-order valence-corrected chi connectivity index (χ2v) is 4.83. The molecule has 0 bridgehead atoms. The van der Waals surface area contributed by atoms with Gasteiger partial charge in [0.1, 0.15) is 0 Å². The monoisotopic (exact) mass is 279 g/mol. The molecule has 0 saturated heterocycles. The van der Waals surface area contributed by atoms with Crippen LogP contribution in [-0.4, -0.2) is 16.3 Å². The third-order valence-electron chi connectivity index (χ3n) is 3.18. The van der Waals surface area contributed by atoms with Crippen molar-refractivity contribution in [2.75, 3.05) is 6.54 Å². The maximum absolute atomic E-state index is 13.9. The molecular weight excluding hydrogens is 260 g/mol. The number of rotatable bonds is 6. The summed E-state index contributed by atoms with van der Waals surface area (Å²) >= 11 is 0. The van der Waals surface area contributed by atoms with Crippen molar-refractivity contribution in [2.24, 2.45) is 7.05 Å². The van der Waals surface area contributed by atoms with Gasteiger partial charge in [-0.05, 0) is 25.1 Å². The van der Waals surface area contributed by atoms with Crippen LogP contribution in [0.1, 0.15) is 30.6 Å². The van der Waals surface area contributed by atoms with E-state index in [1.54, 1.807) is 10.7 Å². The molecule has 20 heavy (non-hydrogen) atoms. The maximum Gasteiger partial charge on any atom is 0.163 e. The highest BCUT2D eigenvalue weighted by atomic mass is 19.2. The van der Waals surface area contributed by atoms with E-state index in [1.807, 2.05) is 26.2 Å². The lowest BCUT2D eigenvalue weighted by Gasteiger charge is -2.19. The average Bonchev–Trinajstić information content (AvgIpc) is 2.83. The van der Waals surface area contributed by atoms with Gasteiger partial charge < -0.3 is 5.32 Å². The standard InChI is InChI=1S/C15H19F2N3/c1-3-8-18-14(10-11-7-9-20(2)19-11)12-5-4-6-13(16)15(12)17/h4-7,9,14,18H,3,8,10H2,1-2H3. The lowest BCUT2D eigenvalue weighted by atomic mass is 10.0. The van der Waals surface area contributed by atoms with E-state index in [0.29, 0.717) is 12.0 Å². The first kappa shape index (κ1) is 14.7. The number of hydrogen-bond acceptors (Lipinski definition) is 2. The van der Waals surface area contributed by atoms with E-state index < -0.39 is 11.6 Å². The summed E-state index contributed by atoms with van der Waals surface area (Å²) in [5.41, 5.74) is 1.20. The van der Waals surface area contributed by atoms with Crippen molar-refractivity contribution in [1.82, 2.24) is 15.1 Å². The Morgan fingerprint density at radius 2 is 2.10 bits per heavy atom. The van der Waals surface area contributed by atoms with Crippen molar-refractivity contribution < 1.29 is 8.78 Å². The highest BCUT2D eigenvalue weighted by Gasteiger charge is 2.19. The van der Waals surface area contributed by atoms with E-state index in [2.05, 4.69) is 10.4 Å². The van der Waals surface area contributed by atoms with Crippen molar-refractivity contribution >= 4 is 0 Å². The van der Waals surface area contributed by atoms with Crippen LogP contribution in [0.25, 0.3) is 0 Å². The van der Waals surface area contributed by atoms with Gasteiger partial charge in [-0.15, -0.1) is 0 Å². The molecule has 0 saturated carbocycles. The van der Waals surface area contributed by atoms with Crippen molar-refractivity contribution in [3.05, 3.63) is 53.4 Å². The van der Waals surface area contributed by atoms with Gasteiger partial charge in [0.15, 0.2) is 11.6 Å². The summed E-state index contributed by atoms with van der Waals surface area (Å²) in [7, 11) is 1.83. The Kier molecular flexibility index (Phi) is 4.84. The van der Waals surface area contributed by atoms with Gasteiger partial charge in [0, 0.05) is 31.3 Å². The molecule has 0 aliphatic rings. The SMILES string of the molecule is CCCNC(Cc1ccn(C)n1)c1cccc(F)c1F. The van der Waals surface area contributed by atoms with E-state index in [1.165, 1.54) is 6.07 Å². The molecule has 5 heteroatoms. The van der Waals surface area contributed by atoms with Gasteiger partial charge >= 0.3 is 0 Å². The van der Waals surface area contributed by atoms with Crippen LogP contribution < -0.4 is 5.32 Å². The summed E-state index contributed by atoms with van der Waals surface area (Å²) in [4.78, 5) is 0. The van der Waals surface area contributed by atoms with Gasteiger partial charge in [-0.3, -0.25) is 4.68 Å². The Morgan fingerprint density at radius 1 is 1.30 bits per heavy atom. The molecule has 1 atom stereocenters. The normalized spacial score (nSPS) is 12.6. The second kappa shape index (κ2) is 6.61.